The molecule has 0 aromatic carbocycles. The summed E-state index contributed by atoms with van der Waals surface area (Å²) in [5.74, 6) is 0. The third-order valence-corrected chi connectivity index (χ3v) is 0. The molecule has 0 N–H and O–H groups in total. The van der Waals surface area contributed by atoms with Gasteiger partial charge in [0, 0.05) is 0 Å². The summed E-state index contributed by atoms with van der Waals surface area (Å²) in [7, 11) is 0. The van der Waals surface area contributed by atoms with Crippen LogP contribution in [0.3, 0.4) is 0 Å². The second-order valence-corrected chi connectivity index (χ2v) is 3.66. The van der Waals surface area contributed by atoms with Crippen molar-refractivity contribution in [3.05, 3.63) is 0 Å². The zero-order valence-electron chi connectivity index (χ0n) is 3.72. The van der Waals surface area contributed by atoms with Gasteiger partial charge in [-0.15, -0.1) is 0 Å². The standard InChI is InChI=1S/Mn.6O.2Ta/q+2;;;;;2*-1;;. The molecule has 0 atom stereocenters. The van der Waals surface area contributed by atoms with Gasteiger partial charge in [0.2, 0.25) is 0 Å². The van der Waals surface area contributed by atoms with E-state index in [4.69, 9.17) is 20.2 Å². The van der Waals surface area contributed by atoms with Gasteiger partial charge in [-0.1, -0.05) is 0 Å². The van der Waals surface area contributed by atoms with E-state index in [0.717, 1.165) is 0 Å². The van der Waals surface area contributed by atoms with Gasteiger partial charge >= 0.3 is 74.9 Å². The van der Waals surface area contributed by atoms with E-state index in [9.17, 15) is 0 Å². The Morgan fingerprint density at radius 1 is 0.778 bits per heavy atom. The molecule has 0 aliphatic rings. The van der Waals surface area contributed by atoms with E-state index < -0.39 is 37.6 Å². The van der Waals surface area contributed by atoms with Crippen molar-refractivity contribution in [2.24, 2.45) is 0 Å². The van der Waals surface area contributed by atoms with Gasteiger partial charge in [-0.25, -0.2) is 0 Å². The molecule has 0 unspecified atom stereocenters. The van der Waals surface area contributed by atoms with E-state index in [1.54, 1.807) is 0 Å². The molecule has 0 fully saturated rings. The van der Waals surface area contributed by atoms with Crippen LogP contribution >= 0.6 is 0 Å². The van der Waals surface area contributed by atoms with Crippen LogP contribution in [0.4, 0.5) is 0 Å². The monoisotopic (exact) mass is 513 g/mol. The first-order valence-corrected chi connectivity index (χ1v) is 8.97. The van der Waals surface area contributed by atoms with Gasteiger partial charge in [-0.3, -0.25) is 0 Å². The summed E-state index contributed by atoms with van der Waals surface area (Å²) in [4.78, 5) is 0. The maximum absolute atomic E-state index is 8.62. The first-order chi connectivity index (χ1) is 3.46. The third kappa shape index (κ3) is 369. The Kier molecular flexibility index (Phi) is 21.9. The molecule has 0 rings (SSSR count). The van der Waals surface area contributed by atoms with E-state index in [2.05, 4.69) is 0 Å². The van der Waals surface area contributed by atoms with Gasteiger partial charge in [0.15, 0.2) is 0 Å². The molecule has 6 nitrogen and oxygen atoms in total. The van der Waals surface area contributed by atoms with Crippen molar-refractivity contribution >= 4 is 0 Å². The van der Waals surface area contributed by atoms with Crippen molar-refractivity contribution in [3.8, 4) is 0 Å². The van der Waals surface area contributed by atoms with Gasteiger partial charge in [0.1, 0.15) is 0 Å². The summed E-state index contributed by atoms with van der Waals surface area (Å²) in [6.45, 7) is 0. The van der Waals surface area contributed by atoms with E-state index >= 15 is 0 Å². The summed E-state index contributed by atoms with van der Waals surface area (Å²) >= 11 is -8.69. The molecule has 0 heterocycles. The molecule has 0 bridgehead atoms. The molecule has 0 aliphatic carbocycles. The Hall–Kier alpha value is 1.12. The van der Waals surface area contributed by atoms with E-state index in [1.807, 2.05) is 0 Å². The van der Waals surface area contributed by atoms with Gasteiger partial charge in [-0.2, -0.15) is 0 Å². The topological polar surface area (TPSA) is 114 Å². The van der Waals surface area contributed by atoms with Crippen LogP contribution in [-0.4, -0.2) is 0 Å². The molecule has 0 aliphatic heterocycles. The van der Waals surface area contributed by atoms with Crippen LogP contribution in [0.1, 0.15) is 0 Å². The van der Waals surface area contributed by atoms with Gasteiger partial charge in [-0.05, 0) is 0 Å². The average molecular weight is 513 g/mol. The van der Waals surface area contributed by atoms with Crippen molar-refractivity contribution in [2.45, 2.75) is 0 Å². The number of hydrogen-bond donors (Lipinski definition) is 0. The first-order valence-electron chi connectivity index (χ1n) is 1.10. The van der Waals surface area contributed by atoms with Crippen molar-refractivity contribution in [3.63, 3.8) is 0 Å². The summed E-state index contributed by atoms with van der Waals surface area (Å²) < 4.78 is 51.7. The van der Waals surface area contributed by atoms with Crippen LogP contribution in [0.2, 0.25) is 0 Å². The SMILES string of the molecule is [Mn+2].[O]=[Ta](=[O])[O-].[O]=[Ta](=[O])[O-]. The zero-order valence-corrected chi connectivity index (χ0v) is 11.3. The Morgan fingerprint density at radius 3 is 0.778 bits per heavy atom. The Balaban J connectivity index is -0.0000000720. The third-order valence-electron chi connectivity index (χ3n) is 0. The van der Waals surface area contributed by atoms with Crippen LogP contribution in [0.25, 0.3) is 0 Å². The fourth-order valence-electron chi connectivity index (χ4n) is 0. The quantitative estimate of drug-likeness (QED) is 0.323. The predicted octanol–water partition coefficient (Wildman–Crippen LogP) is -2.86. The van der Waals surface area contributed by atoms with Crippen molar-refractivity contribution < 1.29 is 74.9 Å². The van der Waals surface area contributed by atoms with Crippen LogP contribution < -0.4 is 7.23 Å². The first kappa shape index (κ1) is 16.6. The van der Waals surface area contributed by atoms with Gasteiger partial charge in [0.05, 0.1) is 0 Å². The van der Waals surface area contributed by atoms with Crippen molar-refractivity contribution in [1.29, 1.82) is 0 Å². The summed E-state index contributed by atoms with van der Waals surface area (Å²) in [5, 5.41) is 0. The summed E-state index contributed by atoms with van der Waals surface area (Å²) in [6.07, 6.45) is 0. The fourth-order valence-corrected chi connectivity index (χ4v) is 0. The number of rotatable bonds is 0. The fraction of sp³-hybridized carbons (Fsp3) is 0. The van der Waals surface area contributed by atoms with Crippen LogP contribution in [0.15, 0.2) is 0 Å². The average Bonchev–Trinajstić information content (AvgIpc) is 1.25. The maximum atomic E-state index is 8.62. The Bertz CT molecular complexity index is 128. The molecule has 9 heteroatoms. The minimum absolute atomic E-state index is 0. The molecule has 53 valence electrons. The second kappa shape index (κ2) is 11.9. The van der Waals surface area contributed by atoms with E-state index in [-0.39, 0.29) is 17.1 Å². The number of hydrogen-bond acceptors (Lipinski definition) is 6. The second-order valence-electron chi connectivity index (χ2n) is 0.447. The molecule has 0 saturated heterocycles. The Morgan fingerprint density at radius 2 is 0.778 bits per heavy atom. The molecule has 0 spiro atoms. The van der Waals surface area contributed by atoms with E-state index in [0.29, 0.717) is 0 Å². The predicted molar refractivity (Wildman–Crippen MR) is 2.75 cm³/mol. The van der Waals surface area contributed by atoms with Crippen LogP contribution in [0, 0.1) is 0 Å². The molecule has 0 amide bonds. The molecular formula is MnO6Ta2. The molecular weight excluding hydrogens is 513 g/mol. The van der Waals surface area contributed by atoms with Crippen molar-refractivity contribution in [2.75, 3.05) is 0 Å². The molecule has 0 aromatic rings. The molecule has 9 heavy (non-hydrogen) atoms. The normalized spacial score (nSPS) is 5.56. The van der Waals surface area contributed by atoms with Gasteiger partial charge < -0.3 is 0 Å². The van der Waals surface area contributed by atoms with E-state index in [1.165, 1.54) is 0 Å². The van der Waals surface area contributed by atoms with Crippen LogP contribution in [0.5, 0.6) is 0 Å². The molecule has 0 aromatic heterocycles. The zero-order chi connectivity index (χ0) is 7.15. The molecule has 1 radical (unpaired) electrons. The Labute approximate surface area is 74.3 Å². The minimum atomic E-state index is -4.34. The van der Waals surface area contributed by atoms with Crippen molar-refractivity contribution in [1.82, 2.24) is 0 Å². The van der Waals surface area contributed by atoms with Crippen LogP contribution in [-0.2, 0) is 67.6 Å². The summed E-state index contributed by atoms with van der Waals surface area (Å²) in [6, 6.07) is 0. The summed E-state index contributed by atoms with van der Waals surface area (Å²) in [5.41, 5.74) is 0. The van der Waals surface area contributed by atoms with Gasteiger partial charge in [0.25, 0.3) is 0 Å². The molecule has 0 saturated carbocycles.